The third-order valence-electron chi connectivity index (χ3n) is 3.54. The number of carboxylic acids is 1. The minimum Gasteiger partial charge on any atom is -0.488 e. The largest absolute Gasteiger partial charge is 0.488 e. The van der Waals surface area contributed by atoms with E-state index in [1.165, 1.54) is 0 Å². The van der Waals surface area contributed by atoms with E-state index in [1.807, 2.05) is 20.8 Å². The van der Waals surface area contributed by atoms with E-state index in [1.54, 1.807) is 24.3 Å². The number of benzene rings is 1. The van der Waals surface area contributed by atoms with E-state index in [2.05, 4.69) is 0 Å². The highest BCUT2D eigenvalue weighted by atomic mass is 16.5. The Morgan fingerprint density at radius 2 is 1.55 bits per heavy atom. The number of Topliss-reactive ketones (excluding diaryl/α,β-unsaturated/α-hetero) is 1. The van der Waals surface area contributed by atoms with Crippen LogP contribution in [-0.2, 0) is 4.79 Å². The van der Waals surface area contributed by atoms with Gasteiger partial charge in [-0.15, -0.1) is 0 Å². The van der Waals surface area contributed by atoms with Gasteiger partial charge in [-0.25, -0.2) is 4.79 Å². The molecule has 0 saturated heterocycles. The standard InChI is InChI=1S/C18H22O4/c1-18(2,3)22-13-10-8-12(9-11-13)16(19)14-6-4-5-7-15(14)17(20)21/h8-11H,4-7H2,1-3H3,(H,20,21). The predicted octanol–water partition coefficient (Wildman–Crippen LogP) is 4.00. The van der Waals surface area contributed by atoms with Gasteiger partial charge in [0.25, 0.3) is 0 Å². The highest BCUT2D eigenvalue weighted by Gasteiger charge is 2.24. The van der Waals surface area contributed by atoms with Crippen LogP contribution in [0.4, 0.5) is 0 Å². The smallest absolute Gasteiger partial charge is 0.331 e. The van der Waals surface area contributed by atoms with E-state index in [0.29, 0.717) is 29.7 Å². The van der Waals surface area contributed by atoms with E-state index in [-0.39, 0.29) is 17.0 Å². The lowest BCUT2D eigenvalue weighted by Gasteiger charge is -2.21. The third-order valence-corrected chi connectivity index (χ3v) is 3.54. The second-order valence-corrected chi connectivity index (χ2v) is 6.54. The topological polar surface area (TPSA) is 63.6 Å². The van der Waals surface area contributed by atoms with Crippen molar-refractivity contribution < 1.29 is 19.4 Å². The summed E-state index contributed by atoms with van der Waals surface area (Å²) < 4.78 is 5.72. The molecule has 2 rings (SSSR count). The Morgan fingerprint density at radius 1 is 1.00 bits per heavy atom. The van der Waals surface area contributed by atoms with Crippen LogP contribution in [0.1, 0.15) is 56.8 Å². The van der Waals surface area contributed by atoms with E-state index < -0.39 is 5.97 Å². The fourth-order valence-electron chi connectivity index (χ4n) is 2.59. The quantitative estimate of drug-likeness (QED) is 0.854. The first-order valence-corrected chi connectivity index (χ1v) is 7.57. The van der Waals surface area contributed by atoms with Crippen molar-refractivity contribution in [1.29, 1.82) is 0 Å². The van der Waals surface area contributed by atoms with Gasteiger partial charge >= 0.3 is 5.97 Å². The third kappa shape index (κ3) is 3.97. The van der Waals surface area contributed by atoms with Crippen molar-refractivity contribution in [3.05, 3.63) is 41.0 Å². The molecule has 0 atom stereocenters. The second-order valence-electron chi connectivity index (χ2n) is 6.54. The number of ether oxygens (including phenoxy) is 1. The summed E-state index contributed by atoms with van der Waals surface area (Å²) in [6, 6.07) is 6.90. The fraction of sp³-hybridized carbons (Fsp3) is 0.444. The summed E-state index contributed by atoms with van der Waals surface area (Å²) in [6.07, 6.45) is 2.71. The first kappa shape index (κ1) is 16.3. The van der Waals surface area contributed by atoms with Gasteiger partial charge < -0.3 is 9.84 Å². The monoisotopic (exact) mass is 302 g/mol. The molecule has 0 aromatic heterocycles. The van der Waals surface area contributed by atoms with Crippen LogP contribution >= 0.6 is 0 Å². The van der Waals surface area contributed by atoms with E-state index in [0.717, 1.165) is 12.8 Å². The lowest BCUT2D eigenvalue weighted by molar-refractivity contribution is -0.133. The molecule has 0 fully saturated rings. The first-order chi connectivity index (χ1) is 10.3. The highest BCUT2D eigenvalue weighted by Crippen LogP contribution is 2.28. The molecule has 0 saturated carbocycles. The van der Waals surface area contributed by atoms with Crippen LogP contribution in [0.3, 0.4) is 0 Å². The highest BCUT2D eigenvalue weighted by molar-refractivity contribution is 6.12. The van der Waals surface area contributed by atoms with Gasteiger partial charge in [-0.3, -0.25) is 4.79 Å². The minimum atomic E-state index is -0.976. The zero-order valence-electron chi connectivity index (χ0n) is 13.3. The molecule has 1 aromatic carbocycles. The molecule has 0 amide bonds. The van der Waals surface area contributed by atoms with Gasteiger partial charge in [-0.2, -0.15) is 0 Å². The molecular weight excluding hydrogens is 280 g/mol. The average Bonchev–Trinajstić information content (AvgIpc) is 2.45. The molecule has 118 valence electrons. The molecule has 1 aliphatic carbocycles. The molecule has 0 radical (unpaired) electrons. The Kier molecular flexibility index (Phi) is 4.69. The Morgan fingerprint density at radius 3 is 2.05 bits per heavy atom. The van der Waals surface area contributed by atoms with Crippen LogP contribution in [0, 0.1) is 0 Å². The molecule has 1 N–H and O–H groups in total. The maximum atomic E-state index is 12.5. The van der Waals surface area contributed by atoms with Crippen molar-refractivity contribution >= 4 is 11.8 Å². The van der Waals surface area contributed by atoms with Crippen LogP contribution in [0.25, 0.3) is 0 Å². The Labute approximate surface area is 130 Å². The van der Waals surface area contributed by atoms with Gasteiger partial charge in [-0.1, -0.05) is 0 Å². The molecule has 0 unspecified atom stereocenters. The average molecular weight is 302 g/mol. The number of allylic oxidation sites excluding steroid dienone is 1. The molecule has 0 bridgehead atoms. The number of ketones is 1. The SMILES string of the molecule is CC(C)(C)Oc1ccc(C(=O)C2=C(C(=O)O)CCCC2)cc1. The summed E-state index contributed by atoms with van der Waals surface area (Å²) >= 11 is 0. The van der Waals surface area contributed by atoms with E-state index in [4.69, 9.17) is 4.74 Å². The van der Waals surface area contributed by atoms with Gasteiger partial charge in [-0.05, 0) is 70.7 Å². The molecule has 0 spiro atoms. The van der Waals surface area contributed by atoms with Gasteiger partial charge in [0.2, 0.25) is 0 Å². The summed E-state index contributed by atoms with van der Waals surface area (Å²) in [4.78, 5) is 23.8. The van der Waals surface area contributed by atoms with Gasteiger partial charge in [0.15, 0.2) is 5.78 Å². The minimum absolute atomic E-state index is 0.181. The molecule has 0 heterocycles. The predicted molar refractivity (Wildman–Crippen MR) is 84.3 cm³/mol. The number of carbonyl (C=O) groups excluding carboxylic acids is 1. The molecule has 1 aromatic rings. The van der Waals surface area contributed by atoms with Gasteiger partial charge in [0.05, 0.1) is 0 Å². The molecule has 4 nitrogen and oxygen atoms in total. The maximum Gasteiger partial charge on any atom is 0.331 e. The Balaban J connectivity index is 2.24. The molecule has 4 heteroatoms. The summed E-state index contributed by atoms with van der Waals surface area (Å²) in [7, 11) is 0. The van der Waals surface area contributed by atoms with Crippen LogP contribution < -0.4 is 4.74 Å². The van der Waals surface area contributed by atoms with Crippen molar-refractivity contribution in [3.8, 4) is 5.75 Å². The Bertz CT molecular complexity index is 603. The van der Waals surface area contributed by atoms with Gasteiger partial charge in [0.1, 0.15) is 11.4 Å². The van der Waals surface area contributed by atoms with Crippen molar-refractivity contribution in [2.75, 3.05) is 0 Å². The zero-order valence-corrected chi connectivity index (χ0v) is 13.3. The van der Waals surface area contributed by atoms with Crippen LogP contribution in [-0.4, -0.2) is 22.5 Å². The lowest BCUT2D eigenvalue weighted by atomic mass is 9.87. The van der Waals surface area contributed by atoms with Gasteiger partial charge in [0, 0.05) is 16.7 Å². The van der Waals surface area contributed by atoms with E-state index in [9.17, 15) is 14.7 Å². The fourth-order valence-corrected chi connectivity index (χ4v) is 2.59. The van der Waals surface area contributed by atoms with Crippen LogP contribution in [0.2, 0.25) is 0 Å². The van der Waals surface area contributed by atoms with Crippen molar-refractivity contribution in [3.63, 3.8) is 0 Å². The number of rotatable bonds is 4. The Hall–Kier alpha value is -2.10. The number of hydrogen-bond acceptors (Lipinski definition) is 3. The van der Waals surface area contributed by atoms with E-state index >= 15 is 0 Å². The van der Waals surface area contributed by atoms with Crippen molar-refractivity contribution in [2.24, 2.45) is 0 Å². The lowest BCUT2D eigenvalue weighted by Crippen LogP contribution is -2.23. The molecule has 22 heavy (non-hydrogen) atoms. The number of aliphatic carboxylic acids is 1. The van der Waals surface area contributed by atoms with Crippen molar-refractivity contribution in [2.45, 2.75) is 52.1 Å². The number of hydrogen-bond donors (Lipinski definition) is 1. The molecule has 0 aliphatic heterocycles. The summed E-state index contributed by atoms with van der Waals surface area (Å²) in [5.41, 5.74) is 0.930. The summed E-state index contributed by atoms with van der Waals surface area (Å²) in [5, 5.41) is 9.25. The number of carbonyl (C=O) groups is 2. The number of carboxylic acid groups (broad SMARTS) is 1. The maximum absolute atomic E-state index is 12.5. The normalized spacial score (nSPS) is 15.6. The van der Waals surface area contributed by atoms with Crippen LogP contribution in [0.15, 0.2) is 35.4 Å². The second kappa shape index (κ2) is 6.34. The van der Waals surface area contributed by atoms with Crippen LogP contribution in [0.5, 0.6) is 5.75 Å². The summed E-state index contributed by atoms with van der Waals surface area (Å²) in [6.45, 7) is 5.87. The summed E-state index contributed by atoms with van der Waals surface area (Å²) in [5.74, 6) is -0.463. The van der Waals surface area contributed by atoms with Crippen molar-refractivity contribution in [1.82, 2.24) is 0 Å². The first-order valence-electron chi connectivity index (χ1n) is 7.57. The molecule has 1 aliphatic rings. The zero-order chi connectivity index (χ0) is 16.3. The molecular formula is C18H22O4.